The Balaban J connectivity index is 1.68. The maximum atomic E-state index is 4.83. The summed E-state index contributed by atoms with van der Waals surface area (Å²) in [4.78, 5) is 8.39. The number of hydrogen-bond donors (Lipinski definition) is 1. The van der Waals surface area contributed by atoms with Gasteiger partial charge in [-0.3, -0.25) is 0 Å². The summed E-state index contributed by atoms with van der Waals surface area (Å²) in [5.74, 6) is 1.69. The van der Waals surface area contributed by atoms with Crippen LogP contribution in [0.2, 0.25) is 0 Å². The van der Waals surface area contributed by atoms with Crippen LogP contribution in [0, 0.1) is 0 Å². The maximum Gasteiger partial charge on any atom is 0.110 e. The number of fused-ring (bicyclic) bond motifs is 2. The van der Waals surface area contributed by atoms with E-state index in [-0.39, 0.29) is 0 Å². The molecule has 2 nitrogen and oxygen atoms in total. The van der Waals surface area contributed by atoms with Crippen molar-refractivity contribution < 1.29 is 0 Å². The zero-order valence-corrected chi connectivity index (χ0v) is 12.4. The summed E-state index contributed by atoms with van der Waals surface area (Å²) in [7, 11) is 0. The van der Waals surface area contributed by atoms with Gasteiger partial charge in [0.25, 0.3) is 0 Å². The summed E-state index contributed by atoms with van der Waals surface area (Å²) in [6.07, 6.45) is 4.54. The fraction of sp³-hybridized carbons (Fsp3) is 0.316. The molecule has 1 N–H and O–H groups in total. The summed E-state index contributed by atoms with van der Waals surface area (Å²) < 4.78 is 0. The topological polar surface area (TPSA) is 28.7 Å². The lowest BCUT2D eigenvalue weighted by molar-refractivity contribution is 0.561. The highest BCUT2D eigenvalue weighted by Crippen LogP contribution is 2.32. The molecule has 1 aliphatic carbocycles. The number of hydrogen-bond acceptors (Lipinski definition) is 1. The van der Waals surface area contributed by atoms with Crippen LogP contribution in [0.4, 0.5) is 0 Å². The van der Waals surface area contributed by atoms with Crippen molar-refractivity contribution in [3.63, 3.8) is 0 Å². The lowest BCUT2D eigenvalue weighted by Crippen LogP contribution is -2.13. The Kier molecular flexibility index (Phi) is 3.03. The third-order valence-corrected chi connectivity index (χ3v) is 4.71. The summed E-state index contributed by atoms with van der Waals surface area (Å²) in [6.45, 7) is 2.19. The SMILES string of the molecule is CCc1ccc2nc(C3CCc4ccccc4C3)[nH]c2c1. The van der Waals surface area contributed by atoms with Gasteiger partial charge in [0.1, 0.15) is 5.82 Å². The van der Waals surface area contributed by atoms with Crippen molar-refractivity contribution in [1.29, 1.82) is 0 Å². The number of H-pyrrole nitrogens is 1. The summed E-state index contributed by atoms with van der Waals surface area (Å²) >= 11 is 0. The lowest BCUT2D eigenvalue weighted by atomic mass is 9.83. The number of nitrogens with zero attached hydrogens (tertiary/aromatic N) is 1. The normalized spacial score (nSPS) is 17.9. The molecule has 2 aromatic carbocycles. The molecule has 106 valence electrons. The molecule has 1 unspecified atom stereocenters. The Morgan fingerprint density at radius 3 is 2.86 bits per heavy atom. The minimum Gasteiger partial charge on any atom is -0.342 e. The molecule has 0 spiro atoms. The number of benzene rings is 2. The predicted molar refractivity (Wildman–Crippen MR) is 86.7 cm³/mol. The van der Waals surface area contributed by atoms with E-state index in [1.165, 1.54) is 28.6 Å². The standard InChI is InChI=1S/C19H20N2/c1-2-13-7-10-17-18(11-13)21-19(20-17)16-9-8-14-5-3-4-6-15(14)12-16/h3-7,10-11,16H,2,8-9,12H2,1H3,(H,20,21). The van der Waals surface area contributed by atoms with Gasteiger partial charge in [0.15, 0.2) is 0 Å². The van der Waals surface area contributed by atoms with Gasteiger partial charge in [0.2, 0.25) is 0 Å². The monoisotopic (exact) mass is 276 g/mol. The van der Waals surface area contributed by atoms with Gasteiger partial charge < -0.3 is 4.98 Å². The van der Waals surface area contributed by atoms with Crippen LogP contribution in [-0.4, -0.2) is 9.97 Å². The van der Waals surface area contributed by atoms with Crippen molar-refractivity contribution in [2.45, 2.75) is 38.5 Å². The van der Waals surface area contributed by atoms with Gasteiger partial charge in [-0.15, -0.1) is 0 Å². The minimum absolute atomic E-state index is 0.525. The molecule has 0 aliphatic heterocycles. The number of imidazole rings is 1. The zero-order chi connectivity index (χ0) is 14.2. The highest BCUT2D eigenvalue weighted by atomic mass is 14.9. The van der Waals surface area contributed by atoms with Gasteiger partial charge in [0.05, 0.1) is 11.0 Å². The van der Waals surface area contributed by atoms with Gasteiger partial charge in [-0.2, -0.15) is 0 Å². The fourth-order valence-corrected chi connectivity index (χ4v) is 3.42. The smallest absolute Gasteiger partial charge is 0.110 e. The molecule has 1 atom stereocenters. The van der Waals surface area contributed by atoms with E-state index < -0.39 is 0 Å². The van der Waals surface area contributed by atoms with E-state index in [0.717, 1.165) is 30.6 Å². The first-order valence-corrected chi connectivity index (χ1v) is 7.89. The highest BCUT2D eigenvalue weighted by Gasteiger charge is 2.22. The van der Waals surface area contributed by atoms with E-state index in [1.807, 2.05) is 0 Å². The average Bonchev–Trinajstić information content (AvgIpc) is 2.97. The van der Waals surface area contributed by atoms with Crippen LogP contribution >= 0.6 is 0 Å². The molecule has 4 rings (SSSR count). The van der Waals surface area contributed by atoms with E-state index in [2.05, 4.69) is 54.4 Å². The Hall–Kier alpha value is -2.09. The van der Waals surface area contributed by atoms with Crippen LogP contribution in [0.15, 0.2) is 42.5 Å². The van der Waals surface area contributed by atoms with Gasteiger partial charge in [-0.05, 0) is 54.5 Å². The molecule has 0 fully saturated rings. The van der Waals surface area contributed by atoms with Gasteiger partial charge in [-0.1, -0.05) is 37.3 Å². The van der Waals surface area contributed by atoms with Crippen molar-refractivity contribution >= 4 is 11.0 Å². The van der Waals surface area contributed by atoms with Crippen LogP contribution in [0.3, 0.4) is 0 Å². The van der Waals surface area contributed by atoms with Crippen molar-refractivity contribution in [2.24, 2.45) is 0 Å². The fourth-order valence-electron chi connectivity index (χ4n) is 3.42. The summed E-state index contributed by atoms with van der Waals surface area (Å²) in [5, 5.41) is 0. The number of aromatic nitrogens is 2. The van der Waals surface area contributed by atoms with E-state index >= 15 is 0 Å². The van der Waals surface area contributed by atoms with E-state index in [4.69, 9.17) is 4.98 Å². The predicted octanol–water partition coefficient (Wildman–Crippen LogP) is 4.40. The molecule has 3 aromatic rings. The van der Waals surface area contributed by atoms with Crippen molar-refractivity contribution in [3.8, 4) is 0 Å². The lowest BCUT2D eigenvalue weighted by Gasteiger charge is -2.22. The van der Waals surface area contributed by atoms with Gasteiger partial charge in [0, 0.05) is 5.92 Å². The molecule has 0 saturated carbocycles. The molecular formula is C19H20N2. The molecule has 0 saturated heterocycles. The second-order valence-electron chi connectivity index (χ2n) is 6.04. The molecule has 0 bridgehead atoms. The molecule has 1 aliphatic rings. The Labute approximate surface area is 125 Å². The zero-order valence-electron chi connectivity index (χ0n) is 12.4. The summed E-state index contributed by atoms with van der Waals surface area (Å²) in [6, 6.07) is 15.4. The summed E-state index contributed by atoms with van der Waals surface area (Å²) in [5.41, 5.74) is 6.65. The van der Waals surface area contributed by atoms with Crippen LogP contribution < -0.4 is 0 Å². The Bertz CT molecular complexity index is 785. The Morgan fingerprint density at radius 2 is 2.00 bits per heavy atom. The largest absolute Gasteiger partial charge is 0.342 e. The quantitative estimate of drug-likeness (QED) is 0.738. The molecule has 0 radical (unpaired) electrons. The first-order valence-electron chi connectivity index (χ1n) is 7.89. The Morgan fingerprint density at radius 1 is 1.14 bits per heavy atom. The van der Waals surface area contributed by atoms with E-state index in [9.17, 15) is 0 Å². The van der Waals surface area contributed by atoms with Crippen molar-refractivity contribution in [3.05, 3.63) is 65.0 Å². The van der Waals surface area contributed by atoms with Gasteiger partial charge >= 0.3 is 0 Å². The van der Waals surface area contributed by atoms with Crippen molar-refractivity contribution in [2.75, 3.05) is 0 Å². The van der Waals surface area contributed by atoms with Crippen LogP contribution in [0.25, 0.3) is 11.0 Å². The van der Waals surface area contributed by atoms with Gasteiger partial charge in [-0.25, -0.2) is 4.98 Å². The molecular weight excluding hydrogens is 256 g/mol. The molecule has 1 aromatic heterocycles. The third-order valence-electron chi connectivity index (χ3n) is 4.71. The second kappa shape index (κ2) is 5.03. The number of aromatic amines is 1. The van der Waals surface area contributed by atoms with Crippen LogP contribution in [0.1, 0.15) is 41.8 Å². The number of aryl methyl sites for hydroxylation is 2. The van der Waals surface area contributed by atoms with E-state index in [1.54, 1.807) is 0 Å². The maximum absolute atomic E-state index is 4.83. The molecule has 21 heavy (non-hydrogen) atoms. The average molecular weight is 276 g/mol. The van der Waals surface area contributed by atoms with E-state index in [0.29, 0.717) is 5.92 Å². The molecule has 0 amide bonds. The number of rotatable bonds is 2. The first-order chi connectivity index (χ1) is 10.3. The highest BCUT2D eigenvalue weighted by molar-refractivity contribution is 5.76. The first kappa shape index (κ1) is 12.6. The minimum atomic E-state index is 0.525. The molecule has 1 heterocycles. The number of nitrogens with one attached hydrogen (secondary N) is 1. The third kappa shape index (κ3) is 2.25. The van der Waals surface area contributed by atoms with Crippen LogP contribution in [0.5, 0.6) is 0 Å². The van der Waals surface area contributed by atoms with Crippen LogP contribution in [-0.2, 0) is 19.3 Å². The van der Waals surface area contributed by atoms with Crippen molar-refractivity contribution in [1.82, 2.24) is 9.97 Å². The molecule has 2 heteroatoms. The second-order valence-corrected chi connectivity index (χ2v) is 6.04.